The highest BCUT2D eigenvalue weighted by Gasteiger charge is 2.10. The van der Waals surface area contributed by atoms with Crippen LogP contribution in [0.5, 0.6) is 0 Å². The van der Waals surface area contributed by atoms with Gasteiger partial charge in [0.2, 0.25) is 5.95 Å². The molecule has 0 bridgehead atoms. The van der Waals surface area contributed by atoms with Gasteiger partial charge >= 0.3 is 0 Å². The van der Waals surface area contributed by atoms with Crippen molar-refractivity contribution in [3.8, 4) is 0 Å². The van der Waals surface area contributed by atoms with Gasteiger partial charge in [-0.05, 0) is 28.8 Å². The molecule has 1 aliphatic heterocycles. The first-order valence-corrected chi connectivity index (χ1v) is 7.23. The van der Waals surface area contributed by atoms with E-state index >= 15 is 0 Å². The Labute approximate surface area is 127 Å². The molecule has 4 rings (SSSR count). The van der Waals surface area contributed by atoms with Gasteiger partial charge in [-0.2, -0.15) is 4.98 Å². The molecule has 6 heteroatoms. The van der Waals surface area contributed by atoms with E-state index in [0.29, 0.717) is 17.5 Å². The smallest absolute Gasteiger partial charge is 0.243 e. The molecule has 3 aromatic rings. The molecular weight excluding hydrogens is 286 g/mol. The van der Waals surface area contributed by atoms with Crippen LogP contribution in [0.25, 0.3) is 5.65 Å². The average Bonchev–Trinajstić information content (AvgIpc) is 3.09. The minimum Gasteiger partial charge on any atom is -0.349 e. The molecule has 0 atom stereocenters. The zero-order valence-electron chi connectivity index (χ0n) is 11.3. The Kier molecular flexibility index (Phi) is 3.02. The minimum atomic E-state index is 0.607. The molecule has 0 unspecified atom stereocenters. The summed E-state index contributed by atoms with van der Waals surface area (Å²) in [6.07, 6.45) is 1.75. The highest BCUT2D eigenvalue weighted by molar-refractivity contribution is 6.30. The topological polar surface area (TPSA) is 54.2 Å². The van der Waals surface area contributed by atoms with Gasteiger partial charge in [-0.25, -0.2) is 4.52 Å². The maximum Gasteiger partial charge on any atom is 0.243 e. The molecule has 0 saturated heterocycles. The van der Waals surface area contributed by atoms with Crippen molar-refractivity contribution in [3.05, 3.63) is 58.2 Å². The Morgan fingerprint density at radius 3 is 3.05 bits per heavy atom. The van der Waals surface area contributed by atoms with Crippen LogP contribution in [0.3, 0.4) is 0 Å². The Bertz CT molecular complexity index is 811. The molecule has 1 aromatic carbocycles. The summed E-state index contributed by atoms with van der Waals surface area (Å²) in [6, 6.07) is 10.2. The Morgan fingerprint density at radius 2 is 2.10 bits per heavy atom. The molecule has 0 fully saturated rings. The molecule has 0 radical (unpaired) electrons. The maximum atomic E-state index is 5.94. The summed E-state index contributed by atoms with van der Waals surface area (Å²) in [6.45, 7) is 2.63. The van der Waals surface area contributed by atoms with Crippen molar-refractivity contribution >= 4 is 23.2 Å². The summed E-state index contributed by atoms with van der Waals surface area (Å²) < 4.78 is 1.68. The molecule has 1 aliphatic rings. The second kappa shape index (κ2) is 5.02. The van der Waals surface area contributed by atoms with E-state index in [2.05, 4.69) is 38.9 Å². The number of anilines is 1. The van der Waals surface area contributed by atoms with Crippen LogP contribution in [0.2, 0.25) is 5.02 Å². The largest absolute Gasteiger partial charge is 0.349 e. The SMILES string of the molecule is Clc1ccc2nc(NCc3ccc4c(c3)CNC4)nn2c1. The molecule has 5 nitrogen and oxygen atoms in total. The fourth-order valence-corrected chi connectivity index (χ4v) is 2.73. The number of aromatic nitrogens is 3. The number of fused-ring (bicyclic) bond motifs is 2. The van der Waals surface area contributed by atoms with Crippen molar-refractivity contribution in [2.75, 3.05) is 5.32 Å². The summed E-state index contributed by atoms with van der Waals surface area (Å²) in [5.74, 6) is 0.607. The summed E-state index contributed by atoms with van der Waals surface area (Å²) in [5.41, 5.74) is 4.78. The Balaban J connectivity index is 1.52. The minimum absolute atomic E-state index is 0.607. The molecule has 0 amide bonds. The van der Waals surface area contributed by atoms with E-state index < -0.39 is 0 Å². The monoisotopic (exact) mass is 299 g/mol. The van der Waals surface area contributed by atoms with Crippen LogP contribution in [0.4, 0.5) is 5.95 Å². The van der Waals surface area contributed by atoms with E-state index in [1.165, 1.54) is 16.7 Å². The van der Waals surface area contributed by atoms with Crippen molar-refractivity contribution in [1.82, 2.24) is 19.9 Å². The number of halogens is 1. The van der Waals surface area contributed by atoms with Gasteiger partial charge in [0.05, 0.1) is 5.02 Å². The van der Waals surface area contributed by atoms with Crippen molar-refractivity contribution in [1.29, 1.82) is 0 Å². The van der Waals surface area contributed by atoms with Crippen molar-refractivity contribution in [3.63, 3.8) is 0 Å². The highest BCUT2D eigenvalue weighted by Crippen LogP contribution is 2.18. The summed E-state index contributed by atoms with van der Waals surface area (Å²) in [7, 11) is 0. The second-order valence-electron chi connectivity index (χ2n) is 5.15. The summed E-state index contributed by atoms with van der Waals surface area (Å²) >= 11 is 5.94. The van der Waals surface area contributed by atoms with E-state index in [9.17, 15) is 0 Å². The number of nitrogens with one attached hydrogen (secondary N) is 2. The fourth-order valence-electron chi connectivity index (χ4n) is 2.57. The summed E-state index contributed by atoms with van der Waals surface area (Å²) in [4.78, 5) is 4.41. The van der Waals surface area contributed by atoms with Gasteiger partial charge in [0, 0.05) is 25.8 Å². The first-order chi connectivity index (χ1) is 10.3. The van der Waals surface area contributed by atoms with Gasteiger partial charge in [0.25, 0.3) is 0 Å². The van der Waals surface area contributed by atoms with Crippen LogP contribution in [0.1, 0.15) is 16.7 Å². The zero-order valence-corrected chi connectivity index (χ0v) is 12.1. The number of hydrogen-bond donors (Lipinski definition) is 2. The highest BCUT2D eigenvalue weighted by atomic mass is 35.5. The van der Waals surface area contributed by atoms with Gasteiger partial charge in [0.1, 0.15) is 0 Å². The molecule has 2 aromatic heterocycles. The lowest BCUT2D eigenvalue weighted by molar-refractivity contribution is 0.764. The van der Waals surface area contributed by atoms with E-state index in [1.807, 2.05) is 12.1 Å². The lowest BCUT2D eigenvalue weighted by atomic mass is 10.1. The predicted molar refractivity (Wildman–Crippen MR) is 82.3 cm³/mol. The van der Waals surface area contributed by atoms with Gasteiger partial charge in [0.15, 0.2) is 5.65 Å². The molecule has 2 N–H and O–H groups in total. The van der Waals surface area contributed by atoms with Gasteiger partial charge in [-0.15, -0.1) is 5.10 Å². The standard InChI is InChI=1S/C15H14ClN5/c16-13-3-4-14-19-15(20-21(14)9-13)18-6-10-1-2-11-7-17-8-12(11)5-10/h1-5,9,17H,6-8H2,(H,18,20). The average molecular weight is 300 g/mol. The zero-order chi connectivity index (χ0) is 14.2. The lowest BCUT2D eigenvalue weighted by Gasteiger charge is -2.04. The molecule has 0 saturated carbocycles. The normalized spacial score (nSPS) is 13.6. The van der Waals surface area contributed by atoms with E-state index in [1.54, 1.807) is 10.7 Å². The molecule has 0 aliphatic carbocycles. The quantitative estimate of drug-likeness (QED) is 0.780. The van der Waals surface area contributed by atoms with Crippen molar-refractivity contribution in [2.45, 2.75) is 19.6 Å². The summed E-state index contributed by atoms with van der Waals surface area (Å²) in [5, 5.41) is 11.6. The third kappa shape index (κ3) is 2.46. The van der Waals surface area contributed by atoms with Gasteiger partial charge in [-0.1, -0.05) is 29.8 Å². The van der Waals surface area contributed by atoms with Crippen LogP contribution in [0.15, 0.2) is 36.5 Å². The lowest BCUT2D eigenvalue weighted by Crippen LogP contribution is -2.02. The molecule has 0 spiro atoms. The molecule has 106 valence electrons. The third-order valence-corrected chi connectivity index (χ3v) is 3.87. The predicted octanol–water partition coefficient (Wildman–Crippen LogP) is 2.60. The van der Waals surface area contributed by atoms with E-state index in [0.717, 1.165) is 18.7 Å². The van der Waals surface area contributed by atoms with E-state index in [4.69, 9.17) is 11.6 Å². The Hall–Kier alpha value is -2.11. The maximum absolute atomic E-state index is 5.94. The number of rotatable bonds is 3. The van der Waals surface area contributed by atoms with Crippen LogP contribution in [0, 0.1) is 0 Å². The van der Waals surface area contributed by atoms with Crippen LogP contribution in [-0.2, 0) is 19.6 Å². The van der Waals surface area contributed by atoms with Crippen LogP contribution in [-0.4, -0.2) is 14.6 Å². The number of hydrogen-bond acceptors (Lipinski definition) is 4. The fraction of sp³-hybridized carbons (Fsp3) is 0.200. The van der Waals surface area contributed by atoms with Crippen LogP contribution >= 0.6 is 11.6 Å². The van der Waals surface area contributed by atoms with E-state index in [-0.39, 0.29) is 0 Å². The molecule has 3 heterocycles. The van der Waals surface area contributed by atoms with Crippen molar-refractivity contribution in [2.24, 2.45) is 0 Å². The van der Waals surface area contributed by atoms with Gasteiger partial charge < -0.3 is 10.6 Å². The van der Waals surface area contributed by atoms with Crippen molar-refractivity contribution < 1.29 is 0 Å². The molecule has 21 heavy (non-hydrogen) atoms. The molecular formula is C15H14ClN5. The number of benzene rings is 1. The Morgan fingerprint density at radius 1 is 1.19 bits per heavy atom. The number of pyridine rings is 1. The second-order valence-corrected chi connectivity index (χ2v) is 5.58. The first-order valence-electron chi connectivity index (χ1n) is 6.85. The first kappa shape index (κ1) is 12.6. The van der Waals surface area contributed by atoms with Crippen LogP contribution < -0.4 is 10.6 Å². The van der Waals surface area contributed by atoms with Gasteiger partial charge in [-0.3, -0.25) is 0 Å². The number of nitrogens with zero attached hydrogens (tertiary/aromatic N) is 3. The third-order valence-electron chi connectivity index (χ3n) is 3.65.